The molecule has 2 aliphatic carbocycles. The molecule has 0 saturated carbocycles. The van der Waals surface area contributed by atoms with Gasteiger partial charge in [0.15, 0.2) is 0 Å². The van der Waals surface area contributed by atoms with E-state index in [1.54, 1.807) is 0 Å². The maximum absolute atomic E-state index is 6.45. The van der Waals surface area contributed by atoms with E-state index < -0.39 is 0 Å². The highest BCUT2D eigenvalue weighted by atomic mass is 16.3. The largest absolute Gasteiger partial charge is 0.455 e. The Hall–Kier alpha value is -15.6. The van der Waals surface area contributed by atoms with Crippen molar-refractivity contribution in [2.45, 2.75) is 38.5 Å². The van der Waals surface area contributed by atoms with E-state index in [1.165, 1.54) is 99.8 Å². The first-order valence-corrected chi connectivity index (χ1v) is 42.5. The fourth-order valence-electron chi connectivity index (χ4n) is 19.7. The van der Waals surface area contributed by atoms with E-state index in [0.29, 0.717) is 0 Å². The number of anilines is 6. The standard InChI is InChI=1S/C60H45NO.C58H37NO2/c1-59(2)53-17-8-5-12-47(53)49-34-26-41(36-55(49)59)38-20-28-43(29-21-38)61(45-32-24-40(25-33-45)46-15-11-16-52-51-14-7-10-19-57(51)62-58(46)52)44-30-22-39(23-31-44)42-27-35-50-48-13-6-9-18-54(48)60(3,4)56(50)37-42;1-2-12-38(13-3-1)39-24-26-40(27-25-39)45-36-37-54(49-15-5-4-14-48(45)49)59(43-32-28-41(29-33-43)46-18-10-20-52-50-16-6-8-22-55(50)60-57(46)52)44-34-30-42(31-35-44)47-19-11-21-53-51-17-7-9-23-56(51)61-58(47)53/h5-37H,1-4H3;1-37H. The second kappa shape index (κ2) is 29.2. The second-order valence-corrected chi connectivity index (χ2v) is 33.7. The number of rotatable bonds is 13. The number of para-hydroxylation sites is 6. The predicted molar refractivity (Wildman–Crippen MR) is 515 cm³/mol. The highest BCUT2D eigenvalue weighted by molar-refractivity contribution is 6.13. The molecule has 0 N–H and O–H groups in total. The molecule has 0 atom stereocenters. The van der Waals surface area contributed by atoms with Crippen LogP contribution < -0.4 is 9.80 Å². The first-order chi connectivity index (χ1) is 60.5. The van der Waals surface area contributed by atoms with Crippen LogP contribution in [0.4, 0.5) is 34.1 Å². The van der Waals surface area contributed by atoms with Crippen molar-refractivity contribution in [1.29, 1.82) is 0 Å². The van der Waals surface area contributed by atoms with Gasteiger partial charge in [0.2, 0.25) is 0 Å². The summed E-state index contributed by atoms with van der Waals surface area (Å²) >= 11 is 0. The molecule has 0 saturated heterocycles. The Morgan fingerprint density at radius 3 is 0.854 bits per heavy atom. The SMILES string of the molecule is CC1(C)c2ccccc2-c2ccc(-c3ccc(N(c4ccc(-c5ccc6c(c5)C(C)(C)c5ccccc5-6)cc4)c4ccc(-c5cccc6c5oc5ccccc56)cc4)cc3)cc21.c1ccc(-c2ccc(-c3ccc(N(c4ccc(-c5cccc6c5oc5ccccc56)cc4)c4ccc(-c5cccc6c5oc5ccccc56)cc4)c4ccccc34)cc2)cc1. The summed E-state index contributed by atoms with van der Waals surface area (Å²) in [6.45, 7) is 9.39. The van der Waals surface area contributed by atoms with Crippen LogP contribution in [0.3, 0.4) is 0 Å². The molecular weight excluding hydrogens is 1490 g/mol. The third kappa shape index (κ3) is 12.3. The van der Waals surface area contributed by atoms with Gasteiger partial charge in [-0.2, -0.15) is 0 Å². The Morgan fingerprint density at radius 1 is 0.171 bits per heavy atom. The topological polar surface area (TPSA) is 45.9 Å². The molecule has 2 aliphatic rings. The summed E-state index contributed by atoms with van der Waals surface area (Å²) in [6.07, 6.45) is 0. The molecule has 24 rings (SSSR count). The molecule has 0 aliphatic heterocycles. The smallest absolute Gasteiger partial charge is 0.143 e. The molecule has 0 amide bonds. The molecule has 22 aromatic rings. The highest BCUT2D eigenvalue weighted by Gasteiger charge is 2.37. The molecule has 0 spiro atoms. The van der Waals surface area contributed by atoms with Gasteiger partial charge in [-0.05, 0) is 208 Å². The fourth-order valence-corrected chi connectivity index (χ4v) is 19.7. The van der Waals surface area contributed by atoms with Crippen LogP contribution >= 0.6 is 0 Å². The third-order valence-electron chi connectivity index (χ3n) is 26.1. The molecule has 0 unspecified atom stereocenters. The van der Waals surface area contributed by atoms with E-state index in [4.69, 9.17) is 13.3 Å². The Balaban J connectivity index is 0.000000142. The van der Waals surface area contributed by atoms with Gasteiger partial charge in [0.1, 0.15) is 33.5 Å². The molecule has 5 heteroatoms. The summed E-state index contributed by atoms with van der Waals surface area (Å²) in [7, 11) is 0. The van der Waals surface area contributed by atoms with Crippen LogP contribution in [-0.2, 0) is 10.8 Å². The summed E-state index contributed by atoms with van der Waals surface area (Å²) in [5, 5.41) is 9.14. The van der Waals surface area contributed by atoms with E-state index in [9.17, 15) is 0 Å². The average Bonchev–Trinajstić information content (AvgIpc) is 1.60. The molecule has 0 fully saturated rings. The molecule has 123 heavy (non-hydrogen) atoms. The van der Waals surface area contributed by atoms with Gasteiger partial charge in [-0.1, -0.05) is 355 Å². The normalized spacial score (nSPS) is 12.8. The van der Waals surface area contributed by atoms with Crippen molar-refractivity contribution in [3.8, 4) is 100 Å². The zero-order chi connectivity index (χ0) is 82.0. The molecule has 19 aromatic carbocycles. The Labute approximate surface area is 714 Å². The lowest BCUT2D eigenvalue weighted by molar-refractivity contribution is 0.660. The van der Waals surface area contributed by atoms with Gasteiger partial charge in [0.25, 0.3) is 0 Å². The third-order valence-corrected chi connectivity index (χ3v) is 26.1. The average molecular weight is 1580 g/mol. The second-order valence-electron chi connectivity index (χ2n) is 33.7. The van der Waals surface area contributed by atoms with Crippen molar-refractivity contribution in [3.05, 3.63) is 447 Å². The van der Waals surface area contributed by atoms with Crippen molar-refractivity contribution < 1.29 is 13.3 Å². The number of hydrogen-bond acceptors (Lipinski definition) is 5. The minimum atomic E-state index is -0.0477. The fraction of sp³-hybridized carbons (Fsp3) is 0.0508. The van der Waals surface area contributed by atoms with Crippen LogP contribution in [0, 0.1) is 0 Å². The first-order valence-electron chi connectivity index (χ1n) is 42.5. The van der Waals surface area contributed by atoms with E-state index >= 15 is 0 Å². The van der Waals surface area contributed by atoms with Crippen LogP contribution in [0.5, 0.6) is 0 Å². The number of nitrogens with zero attached hydrogens (tertiary/aromatic N) is 2. The molecular formula is C118H82N2O3. The summed E-state index contributed by atoms with van der Waals surface area (Å²) in [5.41, 5.74) is 39.0. The van der Waals surface area contributed by atoms with Gasteiger partial charge >= 0.3 is 0 Å². The van der Waals surface area contributed by atoms with Crippen molar-refractivity contribution in [2.75, 3.05) is 9.80 Å². The van der Waals surface area contributed by atoms with Crippen LogP contribution in [0.1, 0.15) is 49.9 Å². The molecule has 0 radical (unpaired) electrons. The van der Waals surface area contributed by atoms with Crippen LogP contribution in [0.15, 0.2) is 438 Å². The van der Waals surface area contributed by atoms with Crippen LogP contribution in [0.2, 0.25) is 0 Å². The molecule has 0 bridgehead atoms. The van der Waals surface area contributed by atoms with Crippen molar-refractivity contribution in [2.24, 2.45) is 0 Å². The van der Waals surface area contributed by atoms with E-state index in [-0.39, 0.29) is 10.8 Å². The number of hydrogen-bond donors (Lipinski definition) is 0. The van der Waals surface area contributed by atoms with Gasteiger partial charge in [0, 0.05) is 93.7 Å². The van der Waals surface area contributed by atoms with Gasteiger partial charge < -0.3 is 23.1 Å². The summed E-state index contributed by atoms with van der Waals surface area (Å²) in [6, 6.07) is 153. The van der Waals surface area contributed by atoms with Crippen molar-refractivity contribution in [3.63, 3.8) is 0 Å². The molecule has 5 nitrogen and oxygen atoms in total. The number of benzene rings is 19. The minimum absolute atomic E-state index is 0.0477. The van der Waals surface area contributed by atoms with E-state index in [2.05, 4.69) is 426 Å². The lowest BCUT2D eigenvalue weighted by Gasteiger charge is -2.28. The predicted octanol–water partition coefficient (Wildman–Crippen LogP) is 33.4. The highest BCUT2D eigenvalue weighted by Crippen LogP contribution is 2.53. The summed E-state index contributed by atoms with van der Waals surface area (Å²) in [5.74, 6) is 0. The Morgan fingerprint density at radius 2 is 0.439 bits per heavy atom. The van der Waals surface area contributed by atoms with Crippen molar-refractivity contribution >= 4 is 111 Å². The summed E-state index contributed by atoms with van der Waals surface area (Å²) in [4.78, 5) is 4.74. The molecule has 582 valence electrons. The molecule has 3 aromatic heterocycles. The van der Waals surface area contributed by atoms with Gasteiger partial charge in [0.05, 0.1) is 5.69 Å². The minimum Gasteiger partial charge on any atom is -0.455 e. The monoisotopic (exact) mass is 1570 g/mol. The van der Waals surface area contributed by atoms with Gasteiger partial charge in [-0.25, -0.2) is 0 Å². The van der Waals surface area contributed by atoms with Gasteiger partial charge in [-0.15, -0.1) is 0 Å². The maximum atomic E-state index is 6.45. The number of furan rings is 3. The quantitative estimate of drug-likeness (QED) is 0.115. The lowest BCUT2D eigenvalue weighted by atomic mass is 9.81. The van der Waals surface area contributed by atoms with E-state index in [0.717, 1.165) is 133 Å². The zero-order valence-electron chi connectivity index (χ0n) is 68.5. The van der Waals surface area contributed by atoms with Crippen LogP contribution in [-0.4, -0.2) is 0 Å². The Kier molecular flexibility index (Phi) is 17.2. The van der Waals surface area contributed by atoms with Crippen molar-refractivity contribution in [1.82, 2.24) is 0 Å². The maximum Gasteiger partial charge on any atom is 0.143 e. The Bertz CT molecular complexity index is 7570. The zero-order valence-corrected chi connectivity index (χ0v) is 68.5. The molecule has 3 heterocycles. The number of fused-ring (bicyclic) bond motifs is 16. The van der Waals surface area contributed by atoms with Gasteiger partial charge in [-0.3, -0.25) is 0 Å². The lowest BCUT2D eigenvalue weighted by Crippen LogP contribution is -2.14. The van der Waals surface area contributed by atoms with Crippen LogP contribution in [0.25, 0.3) is 177 Å². The first kappa shape index (κ1) is 72.7. The van der Waals surface area contributed by atoms with E-state index in [1.807, 2.05) is 36.4 Å². The summed E-state index contributed by atoms with van der Waals surface area (Å²) < 4.78 is 19.4.